The van der Waals surface area contributed by atoms with Gasteiger partial charge in [0.05, 0.1) is 7.11 Å². The van der Waals surface area contributed by atoms with E-state index in [-0.39, 0.29) is 5.75 Å². The summed E-state index contributed by atoms with van der Waals surface area (Å²) < 4.78 is 15.9. The summed E-state index contributed by atoms with van der Waals surface area (Å²) in [7, 11) is 0.728. The van der Waals surface area contributed by atoms with Gasteiger partial charge in [-0.15, -0.1) is 0 Å². The molecule has 1 atom stereocenters. The predicted molar refractivity (Wildman–Crippen MR) is 74.9 cm³/mol. The van der Waals surface area contributed by atoms with Crippen LogP contribution in [0.4, 0.5) is 0 Å². The number of benzene rings is 1. The standard InChI is InChI=1S/C12H18ClNO3S/c1-17-11-7-10(13)6-9(12(11)15)8-14-4-3-5-18(2)16/h6-7,14-15H,3-5,8H2,1-2H3. The Hall–Kier alpha value is -0.780. The molecule has 4 nitrogen and oxygen atoms in total. The molecule has 6 heteroatoms. The van der Waals surface area contributed by atoms with Crippen LogP contribution in [0, 0.1) is 0 Å². The monoisotopic (exact) mass is 291 g/mol. The second kappa shape index (κ2) is 7.61. The number of ether oxygens (including phenoxy) is 1. The third-order valence-corrected chi connectivity index (χ3v) is 3.52. The summed E-state index contributed by atoms with van der Waals surface area (Å²) in [4.78, 5) is 0. The van der Waals surface area contributed by atoms with Gasteiger partial charge in [-0.3, -0.25) is 4.21 Å². The van der Waals surface area contributed by atoms with Gasteiger partial charge in [0, 0.05) is 46.0 Å². The van der Waals surface area contributed by atoms with Crippen molar-refractivity contribution in [2.24, 2.45) is 0 Å². The molecule has 0 bridgehead atoms. The van der Waals surface area contributed by atoms with Crippen molar-refractivity contribution in [3.63, 3.8) is 0 Å². The molecule has 1 aromatic carbocycles. The van der Waals surface area contributed by atoms with Crippen LogP contribution in [0.5, 0.6) is 11.5 Å². The second-order valence-electron chi connectivity index (χ2n) is 3.92. The second-order valence-corrected chi connectivity index (χ2v) is 5.91. The van der Waals surface area contributed by atoms with Gasteiger partial charge in [-0.2, -0.15) is 0 Å². The molecule has 18 heavy (non-hydrogen) atoms. The Morgan fingerprint density at radius 1 is 1.50 bits per heavy atom. The van der Waals surface area contributed by atoms with Gasteiger partial charge in [-0.05, 0) is 19.0 Å². The van der Waals surface area contributed by atoms with E-state index >= 15 is 0 Å². The van der Waals surface area contributed by atoms with E-state index in [1.807, 2.05) is 0 Å². The molecule has 0 aliphatic carbocycles. The SMILES string of the molecule is COc1cc(Cl)cc(CNCCCS(C)=O)c1O. The zero-order valence-corrected chi connectivity index (χ0v) is 12.1. The Morgan fingerprint density at radius 3 is 2.83 bits per heavy atom. The number of rotatable bonds is 7. The van der Waals surface area contributed by atoms with Gasteiger partial charge in [0.15, 0.2) is 11.5 Å². The third-order valence-electron chi connectivity index (χ3n) is 2.44. The molecular formula is C12H18ClNO3S. The first-order chi connectivity index (χ1) is 8.54. The summed E-state index contributed by atoms with van der Waals surface area (Å²) in [5.41, 5.74) is 0.692. The van der Waals surface area contributed by atoms with Crippen molar-refractivity contribution in [2.75, 3.05) is 25.7 Å². The van der Waals surface area contributed by atoms with Gasteiger partial charge in [0.1, 0.15) is 0 Å². The quantitative estimate of drug-likeness (QED) is 0.754. The highest BCUT2D eigenvalue weighted by atomic mass is 35.5. The highest BCUT2D eigenvalue weighted by molar-refractivity contribution is 7.84. The van der Waals surface area contributed by atoms with Crippen LogP contribution in [-0.4, -0.2) is 35.0 Å². The molecule has 0 spiro atoms. The Kier molecular flexibility index (Phi) is 6.46. The number of phenols is 1. The summed E-state index contributed by atoms with van der Waals surface area (Å²) in [6.45, 7) is 1.24. The average molecular weight is 292 g/mol. The fraction of sp³-hybridized carbons (Fsp3) is 0.500. The number of hydrogen-bond acceptors (Lipinski definition) is 4. The van der Waals surface area contributed by atoms with Gasteiger partial charge in [-0.25, -0.2) is 0 Å². The lowest BCUT2D eigenvalue weighted by Crippen LogP contribution is -2.16. The molecule has 0 aliphatic rings. The molecule has 0 aromatic heterocycles. The van der Waals surface area contributed by atoms with E-state index in [0.29, 0.717) is 28.6 Å². The van der Waals surface area contributed by atoms with Crippen molar-refractivity contribution in [1.29, 1.82) is 0 Å². The zero-order chi connectivity index (χ0) is 13.5. The molecule has 102 valence electrons. The largest absolute Gasteiger partial charge is 0.504 e. The summed E-state index contributed by atoms with van der Waals surface area (Å²) in [6, 6.07) is 3.27. The number of halogens is 1. The topological polar surface area (TPSA) is 58.6 Å². The van der Waals surface area contributed by atoms with Crippen LogP contribution < -0.4 is 10.1 Å². The summed E-state index contributed by atoms with van der Waals surface area (Å²) in [6.07, 6.45) is 2.52. The minimum Gasteiger partial charge on any atom is -0.504 e. The van der Waals surface area contributed by atoms with Crippen molar-refractivity contribution in [3.05, 3.63) is 22.7 Å². The lowest BCUT2D eigenvalue weighted by Gasteiger charge is -2.10. The third kappa shape index (κ3) is 4.84. The zero-order valence-electron chi connectivity index (χ0n) is 10.5. The minimum absolute atomic E-state index is 0.105. The molecule has 0 radical (unpaired) electrons. The first-order valence-corrected chi connectivity index (χ1v) is 7.71. The van der Waals surface area contributed by atoms with E-state index in [2.05, 4.69) is 5.32 Å². The molecule has 0 amide bonds. The lowest BCUT2D eigenvalue weighted by atomic mass is 10.2. The number of methoxy groups -OCH3 is 1. The highest BCUT2D eigenvalue weighted by Crippen LogP contribution is 2.33. The molecule has 0 saturated heterocycles. The van der Waals surface area contributed by atoms with Crippen molar-refractivity contribution in [2.45, 2.75) is 13.0 Å². The van der Waals surface area contributed by atoms with Crippen LogP contribution in [0.3, 0.4) is 0 Å². The molecular weight excluding hydrogens is 274 g/mol. The van der Waals surface area contributed by atoms with E-state index in [0.717, 1.165) is 13.0 Å². The summed E-state index contributed by atoms with van der Waals surface area (Å²) >= 11 is 5.92. The smallest absolute Gasteiger partial charge is 0.162 e. The van der Waals surface area contributed by atoms with Crippen molar-refractivity contribution < 1.29 is 14.1 Å². The Balaban J connectivity index is 2.51. The molecule has 1 unspecified atom stereocenters. The minimum atomic E-state index is -0.757. The number of phenolic OH excluding ortho intramolecular Hbond substituents is 1. The van der Waals surface area contributed by atoms with E-state index in [1.165, 1.54) is 7.11 Å². The van der Waals surface area contributed by atoms with Crippen molar-refractivity contribution >= 4 is 22.4 Å². The fourth-order valence-electron chi connectivity index (χ4n) is 1.54. The normalized spacial score (nSPS) is 12.4. The molecule has 0 aliphatic heterocycles. The Labute approximate surface area is 115 Å². The van der Waals surface area contributed by atoms with Crippen LogP contribution in [0.15, 0.2) is 12.1 Å². The predicted octanol–water partition coefficient (Wildman–Crippen LogP) is 1.91. The first-order valence-electron chi connectivity index (χ1n) is 5.60. The van der Waals surface area contributed by atoms with Crippen LogP contribution >= 0.6 is 11.6 Å². The Bertz CT molecular complexity index is 426. The molecule has 0 saturated carbocycles. The maximum absolute atomic E-state index is 10.9. The van der Waals surface area contributed by atoms with Crippen LogP contribution in [0.2, 0.25) is 5.02 Å². The lowest BCUT2D eigenvalue weighted by molar-refractivity contribution is 0.369. The molecule has 1 rings (SSSR count). The molecule has 0 heterocycles. The van der Waals surface area contributed by atoms with Gasteiger partial charge in [-0.1, -0.05) is 11.6 Å². The van der Waals surface area contributed by atoms with Crippen LogP contribution in [0.1, 0.15) is 12.0 Å². The van der Waals surface area contributed by atoms with E-state index < -0.39 is 10.8 Å². The first kappa shape index (κ1) is 15.3. The maximum atomic E-state index is 10.9. The van der Waals surface area contributed by atoms with E-state index in [4.69, 9.17) is 16.3 Å². The average Bonchev–Trinajstić information content (AvgIpc) is 2.32. The van der Waals surface area contributed by atoms with E-state index in [9.17, 15) is 9.32 Å². The molecule has 1 aromatic rings. The number of nitrogens with one attached hydrogen (secondary N) is 1. The summed E-state index contributed by atoms with van der Waals surface area (Å²) in [5.74, 6) is 1.15. The van der Waals surface area contributed by atoms with E-state index in [1.54, 1.807) is 18.4 Å². The van der Waals surface area contributed by atoms with Crippen LogP contribution in [0.25, 0.3) is 0 Å². The van der Waals surface area contributed by atoms with Crippen molar-refractivity contribution in [1.82, 2.24) is 5.32 Å². The van der Waals surface area contributed by atoms with Gasteiger partial charge >= 0.3 is 0 Å². The number of aromatic hydroxyl groups is 1. The Morgan fingerprint density at radius 2 is 2.22 bits per heavy atom. The molecule has 2 N–H and O–H groups in total. The van der Waals surface area contributed by atoms with Gasteiger partial charge in [0.2, 0.25) is 0 Å². The number of hydrogen-bond donors (Lipinski definition) is 2. The fourth-order valence-corrected chi connectivity index (χ4v) is 2.32. The molecule has 0 fully saturated rings. The van der Waals surface area contributed by atoms with Crippen LogP contribution in [-0.2, 0) is 17.3 Å². The maximum Gasteiger partial charge on any atom is 0.162 e. The summed E-state index contributed by atoms with van der Waals surface area (Å²) in [5, 5.41) is 13.6. The highest BCUT2D eigenvalue weighted by Gasteiger charge is 2.09. The van der Waals surface area contributed by atoms with Gasteiger partial charge < -0.3 is 15.2 Å². The van der Waals surface area contributed by atoms with Crippen molar-refractivity contribution in [3.8, 4) is 11.5 Å². The van der Waals surface area contributed by atoms with Gasteiger partial charge in [0.25, 0.3) is 0 Å².